The maximum atomic E-state index is 9.25. The Morgan fingerprint density at radius 2 is 1.25 bits per heavy atom. The monoisotopic (exact) mass is 390 g/mol. The van der Waals surface area contributed by atoms with Crippen LogP contribution in [-0.2, 0) is 19.0 Å². The van der Waals surface area contributed by atoms with Crippen LogP contribution in [0.5, 0.6) is 11.5 Å². The molecule has 2 saturated heterocycles. The number of epoxide rings is 2. The van der Waals surface area contributed by atoms with Gasteiger partial charge in [-0.3, -0.25) is 0 Å². The largest absolute Gasteiger partial charge is 0.508 e. The lowest BCUT2D eigenvalue weighted by molar-refractivity contribution is -0.131. The van der Waals surface area contributed by atoms with Gasteiger partial charge in [-0.2, -0.15) is 0 Å². The number of benzene rings is 2. The van der Waals surface area contributed by atoms with Crippen molar-refractivity contribution in [3.8, 4) is 11.5 Å². The SMILES string of the molecule is C(OCC1CO1)C1CO1.C=CC(=O)O.Oc1ccccc1.Oc1ccccc1. The molecule has 0 radical (unpaired) electrons. The molecule has 0 saturated carbocycles. The maximum absolute atomic E-state index is 9.25. The average molecular weight is 390 g/mol. The van der Waals surface area contributed by atoms with E-state index in [0.29, 0.717) is 23.7 Å². The molecule has 0 spiro atoms. The summed E-state index contributed by atoms with van der Waals surface area (Å²) >= 11 is 0. The number of aliphatic carboxylic acids is 1. The van der Waals surface area contributed by atoms with Crippen molar-refractivity contribution >= 4 is 5.97 Å². The zero-order valence-corrected chi connectivity index (χ0v) is 15.5. The van der Waals surface area contributed by atoms with Crippen LogP contribution in [0.3, 0.4) is 0 Å². The minimum atomic E-state index is -0.981. The first kappa shape index (κ1) is 23.2. The van der Waals surface area contributed by atoms with Crippen molar-refractivity contribution in [2.45, 2.75) is 12.2 Å². The molecule has 0 bridgehead atoms. The average Bonchev–Trinajstić information content (AvgIpc) is 3.61. The highest BCUT2D eigenvalue weighted by atomic mass is 16.6. The first-order valence-electron chi connectivity index (χ1n) is 8.65. The van der Waals surface area contributed by atoms with Gasteiger partial charge in [-0.05, 0) is 24.3 Å². The molecule has 152 valence electrons. The minimum Gasteiger partial charge on any atom is -0.508 e. The fourth-order valence-electron chi connectivity index (χ4n) is 1.52. The van der Waals surface area contributed by atoms with Gasteiger partial charge >= 0.3 is 5.97 Å². The Morgan fingerprint density at radius 3 is 1.43 bits per heavy atom. The van der Waals surface area contributed by atoms with Crippen molar-refractivity contribution in [1.29, 1.82) is 0 Å². The molecule has 2 aromatic carbocycles. The number of hydrogen-bond acceptors (Lipinski definition) is 6. The highest BCUT2D eigenvalue weighted by Crippen LogP contribution is 2.12. The van der Waals surface area contributed by atoms with Crippen molar-refractivity contribution in [2.75, 3.05) is 26.4 Å². The summed E-state index contributed by atoms with van der Waals surface area (Å²) in [6.45, 7) is 6.22. The Balaban J connectivity index is 0.000000191. The van der Waals surface area contributed by atoms with E-state index >= 15 is 0 Å². The van der Waals surface area contributed by atoms with E-state index in [4.69, 9.17) is 29.5 Å². The molecule has 7 heteroatoms. The van der Waals surface area contributed by atoms with Crippen LogP contribution in [0, 0.1) is 0 Å². The minimum absolute atomic E-state index is 0.322. The number of carbonyl (C=O) groups is 1. The number of ether oxygens (including phenoxy) is 3. The van der Waals surface area contributed by atoms with Crippen LogP contribution < -0.4 is 0 Å². The molecular weight excluding hydrogens is 364 g/mol. The first-order chi connectivity index (χ1) is 13.5. The number of phenolic OH excluding ortho intramolecular Hbond substituents is 2. The Labute approximate surface area is 164 Å². The van der Waals surface area contributed by atoms with E-state index in [1.807, 2.05) is 12.1 Å². The van der Waals surface area contributed by atoms with E-state index in [9.17, 15) is 4.79 Å². The number of aromatic hydroxyl groups is 2. The van der Waals surface area contributed by atoms with Crippen LogP contribution in [0.4, 0.5) is 0 Å². The summed E-state index contributed by atoms with van der Waals surface area (Å²) in [6, 6.07) is 17.4. The van der Waals surface area contributed by atoms with E-state index in [2.05, 4.69) is 6.58 Å². The highest BCUT2D eigenvalue weighted by Gasteiger charge is 2.26. The predicted octanol–water partition coefficient (Wildman–Crippen LogP) is 2.84. The quantitative estimate of drug-likeness (QED) is 0.531. The van der Waals surface area contributed by atoms with E-state index in [0.717, 1.165) is 32.5 Å². The van der Waals surface area contributed by atoms with Gasteiger partial charge < -0.3 is 29.5 Å². The lowest BCUT2D eigenvalue weighted by Crippen LogP contribution is -2.06. The lowest BCUT2D eigenvalue weighted by Gasteiger charge is -1.95. The normalized spacial score (nSPS) is 17.9. The third-order valence-corrected chi connectivity index (χ3v) is 3.10. The Bertz CT molecular complexity index is 603. The molecule has 7 nitrogen and oxygen atoms in total. The second-order valence-electron chi connectivity index (χ2n) is 5.66. The third-order valence-electron chi connectivity index (χ3n) is 3.10. The molecule has 0 amide bonds. The van der Waals surface area contributed by atoms with Gasteiger partial charge in [0.05, 0.1) is 26.4 Å². The number of rotatable bonds is 5. The summed E-state index contributed by atoms with van der Waals surface area (Å²) < 4.78 is 15.1. The van der Waals surface area contributed by atoms with Crippen LogP contribution in [0.1, 0.15) is 0 Å². The lowest BCUT2D eigenvalue weighted by atomic mass is 10.3. The number of para-hydroxylation sites is 2. The summed E-state index contributed by atoms with van der Waals surface area (Å²) in [5.41, 5.74) is 0. The smallest absolute Gasteiger partial charge is 0.327 e. The molecule has 2 aromatic rings. The van der Waals surface area contributed by atoms with Gasteiger partial charge in [0.25, 0.3) is 0 Å². The molecule has 2 unspecified atom stereocenters. The molecule has 2 aliphatic rings. The van der Waals surface area contributed by atoms with Gasteiger partial charge in [0, 0.05) is 6.08 Å². The molecule has 2 fully saturated rings. The molecule has 4 rings (SSSR count). The van der Waals surface area contributed by atoms with Crippen LogP contribution in [-0.4, -0.2) is 59.9 Å². The van der Waals surface area contributed by atoms with Gasteiger partial charge in [0.2, 0.25) is 0 Å². The van der Waals surface area contributed by atoms with Crippen LogP contribution >= 0.6 is 0 Å². The summed E-state index contributed by atoms with van der Waals surface area (Å²) in [5, 5.41) is 24.9. The number of carboxylic acids is 1. The molecule has 2 atom stereocenters. The third kappa shape index (κ3) is 15.4. The molecule has 3 N–H and O–H groups in total. The maximum Gasteiger partial charge on any atom is 0.327 e. The number of phenols is 2. The van der Waals surface area contributed by atoms with E-state index in [1.165, 1.54) is 0 Å². The Morgan fingerprint density at radius 1 is 0.929 bits per heavy atom. The van der Waals surface area contributed by atoms with Crippen molar-refractivity contribution in [3.05, 3.63) is 73.3 Å². The van der Waals surface area contributed by atoms with Gasteiger partial charge in [-0.1, -0.05) is 43.0 Å². The molecule has 28 heavy (non-hydrogen) atoms. The topological polar surface area (TPSA) is 112 Å². The second-order valence-corrected chi connectivity index (χ2v) is 5.66. The Kier molecular flexibility index (Phi) is 11.8. The van der Waals surface area contributed by atoms with Gasteiger partial charge in [0.15, 0.2) is 0 Å². The van der Waals surface area contributed by atoms with Crippen molar-refractivity contribution in [2.24, 2.45) is 0 Å². The summed E-state index contributed by atoms with van der Waals surface area (Å²) in [5.74, 6) is -0.338. The Hall–Kier alpha value is -2.87. The summed E-state index contributed by atoms with van der Waals surface area (Å²) in [6.07, 6.45) is 1.62. The first-order valence-corrected chi connectivity index (χ1v) is 8.65. The number of carboxylic acid groups (broad SMARTS) is 1. The fraction of sp³-hybridized carbons (Fsp3) is 0.286. The molecule has 0 aromatic heterocycles. The predicted molar refractivity (Wildman–Crippen MR) is 104 cm³/mol. The van der Waals surface area contributed by atoms with Crippen molar-refractivity contribution in [1.82, 2.24) is 0 Å². The molecule has 2 aliphatic heterocycles. The van der Waals surface area contributed by atoms with E-state index in [-0.39, 0.29) is 0 Å². The van der Waals surface area contributed by atoms with Gasteiger partial charge in [-0.15, -0.1) is 0 Å². The molecular formula is C21H26O7. The fourth-order valence-corrected chi connectivity index (χ4v) is 1.52. The van der Waals surface area contributed by atoms with Gasteiger partial charge in [0.1, 0.15) is 23.7 Å². The number of hydrogen-bond donors (Lipinski definition) is 3. The second kappa shape index (κ2) is 14.2. The van der Waals surface area contributed by atoms with E-state index < -0.39 is 5.97 Å². The molecule has 2 heterocycles. The molecule has 0 aliphatic carbocycles. The standard InChI is InChI=1S/C6H10O3.2C6H6O.C3H4O2/c1(5-3-8-5)7-2-6-4-9-6;2*7-6-4-2-1-3-5-6;1-2-3(4)5/h5-6H,1-4H2;2*1-5,7H;2H,1H2,(H,4,5). The summed E-state index contributed by atoms with van der Waals surface area (Å²) in [7, 11) is 0. The zero-order valence-electron chi connectivity index (χ0n) is 15.5. The van der Waals surface area contributed by atoms with Crippen LogP contribution in [0.25, 0.3) is 0 Å². The van der Waals surface area contributed by atoms with E-state index in [1.54, 1.807) is 48.5 Å². The van der Waals surface area contributed by atoms with Crippen molar-refractivity contribution < 1.29 is 34.3 Å². The highest BCUT2D eigenvalue weighted by molar-refractivity contribution is 5.78. The summed E-state index contributed by atoms with van der Waals surface area (Å²) in [4.78, 5) is 9.25. The zero-order chi connectivity index (χ0) is 20.6. The van der Waals surface area contributed by atoms with Crippen molar-refractivity contribution in [3.63, 3.8) is 0 Å². The van der Waals surface area contributed by atoms with Gasteiger partial charge in [-0.25, -0.2) is 4.79 Å². The van der Waals surface area contributed by atoms with Crippen LogP contribution in [0.2, 0.25) is 0 Å². The van der Waals surface area contributed by atoms with Crippen LogP contribution in [0.15, 0.2) is 73.3 Å².